The molecule has 0 bridgehead atoms. The maximum atomic E-state index is 5.86. The van der Waals surface area contributed by atoms with Crippen LogP contribution in [0.4, 0.5) is 0 Å². The molecule has 108 valence electrons. The number of allylic oxidation sites excluding steroid dienone is 1. The molecule has 2 aromatic carbocycles. The Bertz CT molecular complexity index is 815. The molecule has 4 rings (SSSR count). The van der Waals surface area contributed by atoms with Crippen molar-refractivity contribution in [1.29, 1.82) is 0 Å². The lowest BCUT2D eigenvalue weighted by Crippen LogP contribution is -2.08. The van der Waals surface area contributed by atoms with Crippen LogP contribution < -0.4 is 0 Å². The molecule has 0 fully saturated rings. The Morgan fingerprint density at radius 3 is 2.36 bits per heavy atom. The van der Waals surface area contributed by atoms with E-state index in [0.717, 1.165) is 23.8 Å². The average molecular weight is 287 g/mol. The van der Waals surface area contributed by atoms with E-state index in [4.69, 9.17) is 4.42 Å². The van der Waals surface area contributed by atoms with E-state index < -0.39 is 0 Å². The Labute approximate surface area is 130 Å². The van der Waals surface area contributed by atoms with Crippen LogP contribution in [0.2, 0.25) is 0 Å². The summed E-state index contributed by atoms with van der Waals surface area (Å²) in [4.78, 5) is 4.60. The van der Waals surface area contributed by atoms with Crippen molar-refractivity contribution >= 4 is 5.57 Å². The molecule has 0 saturated carbocycles. The van der Waals surface area contributed by atoms with E-state index >= 15 is 0 Å². The van der Waals surface area contributed by atoms with E-state index in [-0.39, 0.29) is 0 Å². The van der Waals surface area contributed by atoms with Crippen LogP contribution in [0, 0.1) is 6.92 Å². The fourth-order valence-corrected chi connectivity index (χ4v) is 3.12. The van der Waals surface area contributed by atoms with Crippen molar-refractivity contribution in [3.63, 3.8) is 0 Å². The van der Waals surface area contributed by atoms with Gasteiger partial charge in [0, 0.05) is 24.8 Å². The van der Waals surface area contributed by atoms with Crippen LogP contribution in [0.3, 0.4) is 0 Å². The quantitative estimate of drug-likeness (QED) is 0.679. The predicted molar refractivity (Wildman–Crippen MR) is 87.6 cm³/mol. The van der Waals surface area contributed by atoms with E-state index in [1.165, 1.54) is 16.7 Å². The molecule has 3 aromatic rings. The lowest BCUT2D eigenvalue weighted by Gasteiger charge is -2.20. The van der Waals surface area contributed by atoms with Crippen molar-refractivity contribution in [2.75, 3.05) is 0 Å². The smallest absolute Gasteiger partial charge is 0.191 e. The van der Waals surface area contributed by atoms with Gasteiger partial charge in [-0.05, 0) is 11.1 Å². The molecule has 2 nitrogen and oxygen atoms in total. The summed E-state index contributed by atoms with van der Waals surface area (Å²) < 4.78 is 5.86. The second-order valence-electron chi connectivity index (χ2n) is 5.67. The molecule has 0 amide bonds. The fourth-order valence-electron chi connectivity index (χ4n) is 3.12. The van der Waals surface area contributed by atoms with Crippen LogP contribution in [-0.4, -0.2) is 4.98 Å². The number of hydrogen-bond acceptors (Lipinski definition) is 2. The van der Waals surface area contributed by atoms with Gasteiger partial charge in [0.25, 0.3) is 0 Å². The summed E-state index contributed by atoms with van der Waals surface area (Å²) in [6.45, 7) is 1.92. The Hall–Kier alpha value is -2.61. The topological polar surface area (TPSA) is 26.0 Å². The van der Waals surface area contributed by atoms with Gasteiger partial charge in [-0.15, -0.1) is 0 Å². The van der Waals surface area contributed by atoms with Crippen LogP contribution >= 0.6 is 0 Å². The van der Waals surface area contributed by atoms with Crippen molar-refractivity contribution in [3.8, 4) is 0 Å². The van der Waals surface area contributed by atoms with Gasteiger partial charge in [-0.2, -0.15) is 0 Å². The molecule has 1 aliphatic carbocycles. The summed E-state index contributed by atoms with van der Waals surface area (Å²) in [6.07, 6.45) is 3.20. The van der Waals surface area contributed by atoms with Gasteiger partial charge in [0.1, 0.15) is 11.5 Å². The first kappa shape index (κ1) is 13.1. The highest BCUT2D eigenvalue weighted by Gasteiger charge is 2.26. The number of benzene rings is 2. The molecule has 22 heavy (non-hydrogen) atoms. The largest absolute Gasteiger partial charge is 0.445 e. The monoisotopic (exact) mass is 287 g/mol. The van der Waals surface area contributed by atoms with Gasteiger partial charge in [-0.3, -0.25) is 0 Å². The lowest BCUT2D eigenvalue weighted by molar-refractivity contribution is 0.466. The van der Waals surface area contributed by atoms with Gasteiger partial charge < -0.3 is 4.42 Å². The molecule has 0 N–H and O–H groups in total. The fraction of sp³-hybridized carbons (Fsp3) is 0.150. The number of aromatic nitrogens is 1. The number of aryl methyl sites for hydroxylation is 1. The zero-order valence-corrected chi connectivity index (χ0v) is 12.5. The van der Waals surface area contributed by atoms with Crippen LogP contribution in [-0.2, 0) is 6.42 Å². The van der Waals surface area contributed by atoms with Gasteiger partial charge in [-0.25, -0.2) is 4.98 Å². The van der Waals surface area contributed by atoms with Gasteiger partial charge in [0.2, 0.25) is 0 Å². The van der Waals surface area contributed by atoms with Crippen molar-refractivity contribution in [1.82, 2.24) is 4.98 Å². The standard InChI is InChI=1S/C20H17NO/c1-14-21-20-18(16-10-6-3-7-11-16)12-17(13-19(20)22-14)15-8-4-2-5-9-15/h2-12,17H,13H2,1H3. The normalized spacial score (nSPS) is 17.0. The molecule has 0 spiro atoms. The number of nitrogens with zero attached hydrogens (tertiary/aromatic N) is 1. The summed E-state index contributed by atoms with van der Waals surface area (Å²) in [6, 6.07) is 21.0. The molecule has 1 aromatic heterocycles. The Kier molecular flexibility index (Phi) is 3.15. The van der Waals surface area contributed by atoms with Gasteiger partial charge >= 0.3 is 0 Å². The highest BCUT2D eigenvalue weighted by Crippen LogP contribution is 2.37. The van der Waals surface area contributed by atoms with Crippen LogP contribution in [0.5, 0.6) is 0 Å². The zero-order valence-electron chi connectivity index (χ0n) is 12.5. The summed E-state index contributed by atoms with van der Waals surface area (Å²) in [5, 5.41) is 0. The van der Waals surface area contributed by atoms with Gasteiger partial charge in [-0.1, -0.05) is 66.7 Å². The van der Waals surface area contributed by atoms with Crippen LogP contribution in [0.25, 0.3) is 5.57 Å². The van der Waals surface area contributed by atoms with Crippen LogP contribution in [0.1, 0.15) is 34.4 Å². The molecule has 1 unspecified atom stereocenters. The Balaban J connectivity index is 1.85. The summed E-state index contributed by atoms with van der Waals surface area (Å²) in [7, 11) is 0. The highest BCUT2D eigenvalue weighted by atomic mass is 16.4. The highest BCUT2D eigenvalue weighted by molar-refractivity contribution is 5.81. The summed E-state index contributed by atoms with van der Waals surface area (Å²) in [5.41, 5.74) is 4.68. The minimum absolute atomic E-state index is 0.330. The first-order valence-electron chi connectivity index (χ1n) is 7.60. The van der Waals surface area contributed by atoms with E-state index in [2.05, 4.69) is 65.7 Å². The maximum absolute atomic E-state index is 5.86. The number of hydrogen-bond donors (Lipinski definition) is 0. The molecule has 0 radical (unpaired) electrons. The molecule has 2 heteroatoms. The molecule has 0 saturated heterocycles. The molecule has 1 aliphatic rings. The third-order valence-corrected chi connectivity index (χ3v) is 4.15. The Morgan fingerprint density at radius 1 is 0.955 bits per heavy atom. The van der Waals surface area contributed by atoms with Crippen molar-refractivity contribution in [2.24, 2.45) is 0 Å². The third-order valence-electron chi connectivity index (χ3n) is 4.15. The van der Waals surface area contributed by atoms with Gasteiger partial charge in [0.15, 0.2) is 5.89 Å². The first-order chi connectivity index (χ1) is 10.8. The zero-order chi connectivity index (χ0) is 14.9. The SMILES string of the molecule is Cc1nc2c(o1)CC(c1ccccc1)C=C2c1ccccc1. The molecule has 1 atom stereocenters. The maximum Gasteiger partial charge on any atom is 0.191 e. The van der Waals surface area contributed by atoms with E-state index in [1.807, 2.05) is 13.0 Å². The summed E-state index contributed by atoms with van der Waals surface area (Å²) >= 11 is 0. The van der Waals surface area contributed by atoms with E-state index in [0.29, 0.717) is 5.92 Å². The number of rotatable bonds is 2. The Morgan fingerprint density at radius 2 is 1.64 bits per heavy atom. The molecule has 0 aliphatic heterocycles. The third kappa shape index (κ3) is 2.27. The van der Waals surface area contributed by atoms with Crippen molar-refractivity contribution in [2.45, 2.75) is 19.3 Å². The number of fused-ring (bicyclic) bond motifs is 1. The first-order valence-corrected chi connectivity index (χ1v) is 7.60. The minimum atomic E-state index is 0.330. The van der Waals surface area contributed by atoms with E-state index in [1.54, 1.807) is 0 Å². The van der Waals surface area contributed by atoms with Gasteiger partial charge in [0.05, 0.1) is 0 Å². The summed E-state index contributed by atoms with van der Waals surface area (Å²) in [5.74, 6) is 2.06. The minimum Gasteiger partial charge on any atom is -0.445 e. The molecule has 1 heterocycles. The van der Waals surface area contributed by atoms with Crippen LogP contribution in [0.15, 0.2) is 71.2 Å². The van der Waals surface area contributed by atoms with E-state index in [9.17, 15) is 0 Å². The average Bonchev–Trinajstić information content (AvgIpc) is 2.95. The number of oxazole rings is 1. The molecular weight excluding hydrogens is 270 g/mol. The second-order valence-corrected chi connectivity index (χ2v) is 5.67. The molecular formula is C20H17NO. The predicted octanol–water partition coefficient (Wildman–Crippen LogP) is 4.75. The lowest BCUT2D eigenvalue weighted by atomic mass is 9.84. The second kappa shape index (κ2) is 5.30. The van der Waals surface area contributed by atoms with Crippen molar-refractivity contribution < 1.29 is 4.42 Å². The van der Waals surface area contributed by atoms with Crippen molar-refractivity contribution in [3.05, 3.63) is 95.2 Å².